The third-order valence-corrected chi connectivity index (χ3v) is 4.11. The highest BCUT2D eigenvalue weighted by Crippen LogP contribution is 2.23. The number of hydrogen-bond acceptors (Lipinski definition) is 3. The fourth-order valence-corrected chi connectivity index (χ4v) is 2.93. The molecule has 0 amide bonds. The Hall–Kier alpha value is -1.35. The van der Waals surface area contributed by atoms with E-state index in [4.69, 9.17) is 4.74 Å². The first-order valence-corrected chi connectivity index (χ1v) is 8.19. The van der Waals surface area contributed by atoms with E-state index >= 15 is 0 Å². The van der Waals surface area contributed by atoms with Gasteiger partial charge in [0, 0.05) is 17.7 Å². The minimum absolute atomic E-state index is 0.118. The van der Waals surface area contributed by atoms with E-state index in [1.165, 1.54) is 32.1 Å². The molecule has 0 unspecified atom stereocenters. The maximum atomic E-state index is 11.6. The van der Waals surface area contributed by atoms with Crippen molar-refractivity contribution in [3.63, 3.8) is 0 Å². The van der Waals surface area contributed by atoms with Crippen molar-refractivity contribution in [1.82, 2.24) is 4.90 Å². The normalized spacial score (nSPS) is 17.0. The molecular weight excluding hydrogens is 262 g/mol. The highest BCUT2D eigenvalue weighted by Gasteiger charge is 2.13. The summed E-state index contributed by atoms with van der Waals surface area (Å²) < 4.78 is 5.73. The minimum Gasteiger partial charge on any atom is -0.494 e. The number of ether oxygens (including phenoxy) is 1. The lowest BCUT2D eigenvalue weighted by Gasteiger charge is -2.25. The molecule has 3 heteroatoms. The molecule has 0 N–H and O–H groups in total. The molecule has 116 valence electrons. The van der Waals surface area contributed by atoms with Crippen molar-refractivity contribution in [3.05, 3.63) is 29.3 Å². The van der Waals surface area contributed by atoms with Gasteiger partial charge in [0.25, 0.3) is 0 Å². The van der Waals surface area contributed by atoms with Crippen molar-refractivity contribution < 1.29 is 9.53 Å². The lowest BCUT2D eigenvalue weighted by atomic mass is 10.0. The first-order chi connectivity index (χ1) is 10.2. The Balaban J connectivity index is 2.14. The van der Waals surface area contributed by atoms with Gasteiger partial charge in [0.05, 0.1) is 6.61 Å². The molecule has 1 saturated heterocycles. The van der Waals surface area contributed by atoms with Gasteiger partial charge in [-0.25, -0.2) is 0 Å². The summed E-state index contributed by atoms with van der Waals surface area (Å²) in [6, 6.07) is 5.82. The lowest BCUT2D eigenvalue weighted by Crippen LogP contribution is -2.27. The summed E-state index contributed by atoms with van der Waals surface area (Å²) in [6.45, 7) is 7.46. The summed E-state index contributed by atoms with van der Waals surface area (Å²) in [5, 5.41) is 0. The van der Waals surface area contributed by atoms with Crippen LogP contribution in [0.15, 0.2) is 18.2 Å². The van der Waals surface area contributed by atoms with Gasteiger partial charge in [0.15, 0.2) is 5.78 Å². The lowest BCUT2D eigenvalue weighted by molar-refractivity contribution is 0.101. The Morgan fingerprint density at radius 1 is 1.14 bits per heavy atom. The SMILES string of the molecule is CCOc1ccc(C(C)=O)cc1CN1CCCCCCC1. The molecule has 0 spiro atoms. The van der Waals surface area contributed by atoms with Gasteiger partial charge < -0.3 is 4.74 Å². The van der Waals surface area contributed by atoms with E-state index in [0.29, 0.717) is 6.61 Å². The van der Waals surface area contributed by atoms with Gasteiger partial charge in [-0.3, -0.25) is 9.69 Å². The Kier molecular flexibility index (Phi) is 6.24. The third-order valence-electron chi connectivity index (χ3n) is 4.11. The highest BCUT2D eigenvalue weighted by atomic mass is 16.5. The first-order valence-electron chi connectivity index (χ1n) is 8.19. The van der Waals surface area contributed by atoms with Crippen LogP contribution < -0.4 is 4.74 Å². The van der Waals surface area contributed by atoms with Crippen LogP contribution in [0.4, 0.5) is 0 Å². The van der Waals surface area contributed by atoms with Crippen molar-refractivity contribution in [1.29, 1.82) is 0 Å². The largest absolute Gasteiger partial charge is 0.494 e. The fourth-order valence-electron chi connectivity index (χ4n) is 2.93. The van der Waals surface area contributed by atoms with Crippen LogP contribution >= 0.6 is 0 Å². The van der Waals surface area contributed by atoms with Gasteiger partial charge in [0.1, 0.15) is 5.75 Å². The minimum atomic E-state index is 0.118. The number of Topliss-reactive ketones (excluding diaryl/α,β-unsaturated/α-hetero) is 1. The standard InChI is InChI=1S/C18H27NO2/c1-3-21-18-10-9-16(15(2)20)13-17(18)14-19-11-7-5-4-6-8-12-19/h9-10,13H,3-8,11-12,14H2,1-2H3. The van der Waals surface area contributed by atoms with Crippen LogP contribution in [-0.2, 0) is 6.54 Å². The topological polar surface area (TPSA) is 29.5 Å². The van der Waals surface area contributed by atoms with Crippen molar-refractivity contribution in [2.45, 2.75) is 52.5 Å². The molecule has 0 aromatic heterocycles. The molecule has 1 heterocycles. The number of carbonyl (C=O) groups excluding carboxylic acids is 1. The van der Waals surface area contributed by atoms with Crippen molar-refractivity contribution in [2.75, 3.05) is 19.7 Å². The summed E-state index contributed by atoms with van der Waals surface area (Å²) in [7, 11) is 0. The van der Waals surface area contributed by atoms with Crippen LogP contribution in [0, 0.1) is 0 Å². The Labute approximate surface area is 128 Å². The van der Waals surface area contributed by atoms with Crippen molar-refractivity contribution >= 4 is 5.78 Å². The van der Waals surface area contributed by atoms with Crippen LogP contribution in [0.5, 0.6) is 5.75 Å². The summed E-state index contributed by atoms with van der Waals surface area (Å²) in [5.74, 6) is 1.04. The molecule has 0 saturated carbocycles. The van der Waals surface area contributed by atoms with Crippen LogP contribution in [0.2, 0.25) is 0 Å². The molecule has 2 rings (SSSR count). The van der Waals surface area contributed by atoms with Gasteiger partial charge >= 0.3 is 0 Å². The van der Waals surface area contributed by atoms with Gasteiger partial charge in [-0.2, -0.15) is 0 Å². The summed E-state index contributed by atoms with van der Waals surface area (Å²) in [5.41, 5.74) is 1.92. The molecule has 21 heavy (non-hydrogen) atoms. The molecule has 1 aliphatic rings. The summed E-state index contributed by atoms with van der Waals surface area (Å²) in [6.07, 6.45) is 6.59. The second-order valence-corrected chi connectivity index (χ2v) is 5.86. The molecule has 3 nitrogen and oxygen atoms in total. The van der Waals surface area contributed by atoms with Crippen LogP contribution in [0.25, 0.3) is 0 Å². The number of nitrogens with zero attached hydrogens (tertiary/aromatic N) is 1. The number of rotatable bonds is 5. The number of ketones is 1. The number of hydrogen-bond donors (Lipinski definition) is 0. The second-order valence-electron chi connectivity index (χ2n) is 5.86. The predicted octanol–water partition coefficient (Wildman–Crippen LogP) is 4.05. The molecule has 0 bridgehead atoms. The van der Waals surface area contributed by atoms with Gasteiger partial charge in [0.2, 0.25) is 0 Å². The van der Waals surface area contributed by atoms with E-state index in [0.717, 1.165) is 36.5 Å². The summed E-state index contributed by atoms with van der Waals surface area (Å²) in [4.78, 5) is 14.1. The van der Waals surface area contributed by atoms with E-state index in [9.17, 15) is 4.79 Å². The van der Waals surface area contributed by atoms with E-state index in [1.807, 2.05) is 25.1 Å². The predicted molar refractivity (Wildman–Crippen MR) is 86.0 cm³/mol. The average Bonchev–Trinajstić information content (AvgIpc) is 2.43. The molecule has 0 atom stereocenters. The highest BCUT2D eigenvalue weighted by molar-refractivity contribution is 5.94. The fraction of sp³-hybridized carbons (Fsp3) is 0.611. The average molecular weight is 289 g/mol. The smallest absolute Gasteiger partial charge is 0.159 e. The van der Waals surface area contributed by atoms with Gasteiger partial charge in [-0.15, -0.1) is 0 Å². The molecule has 0 aliphatic carbocycles. The zero-order valence-corrected chi connectivity index (χ0v) is 13.4. The zero-order chi connectivity index (χ0) is 15.1. The van der Waals surface area contributed by atoms with Crippen LogP contribution in [-0.4, -0.2) is 30.4 Å². The number of benzene rings is 1. The number of carbonyl (C=O) groups is 1. The molecule has 0 radical (unpaired) electrons. The third kappa shape index (κ3) is 4.85. The van der Waals surface area contributed by atoms with E-state index in [1.54, 1.807) is 6.92 Å². The first kappa shape index (κ1) is 16.0. The van der Waals surface area contributed by atoms with E-state index in [-0.39, 0.29) is 5.78 Å². The maximum absolute atomic E-state index is 11.6. The van der Waals surface area contributed by atoms with Crippen molar-refractivity contribution in [2.24, 2.45) is 0 Å². The van der Waals surface area contributed by atoms with Gasteiger partial charge in [-0.05, 0) is 58.0 Å². The molecule has 1 fully saturated rings. The Morgan fingerprint density at radius 2 is 1.81 bits per heavy atom. The Bertz CT molecular complexity index is 462. The van der Waals surface area contributed by atoms with Crippen molar-refractivity contribution in [3.8, 4) is 5.75 Å². The van der Waals surface area contributed by atoms with Crippen LogP contribution in [0.1, 0.15) is 61.9 Å². The quantitative estimate of drug-likeness (QED) is 0.766. The van der Waals surface area contributed by atoms with Gasteiger partial charge in [-0.1, -0.05) is 19.3 Å². The molecular formula is C18H27NO2. The van der Waals surface area contributed by atoms with E-state index in [2.05, 4.69) is 4.90 Å². The molecule has 1 aromatic rings. The van der Waals surface area contributed by atoms with E-state index < -0.39 is 0 Å². The second kappa shape index (κ2) is 8.18. The summed E-state index contributed by atoms with van der Waals surface area (Å²) >= 11 is 0. The number of likely N-dealkylation sites (tertiary alicyclic amines) is 1. The van der Waals surface area contributed by atoms with Crippen LogP contribution in [0.3, 0.4) is 0 Å². The Morgan fingerprint density at radius 3 is 2.43 bits per heavy atom. The zero-order valence-electron chi connectivity index (χ0n) is 13.4. The monoisotopic (exact) mass is 289 g/mol. The maximum Gasteiger partial charge on any atom is 0.159 e. The molecule has 1 aromatic carbocycles. The molecule has 1 aliphatic heterocycles.